The predicted molar refractivity (Wildman–Crippen MR) is 139 cm³/mol. The van der Waals surface area contributed by atoms with E-state index < -0.39 is 16.1 Å². The van der Waals surface area contributed by atoms with E-state index in [4.69, 9.17) is 4.74 Å². The van der Waals surface area contributed by atoms with Crippen molar-refractivity contribution in [2.45, 2.75) is 52.1 Å². The lowest BCUT2D eigenvalue weighted by atomic mass is 10.1. The van der Waals surface area contributed by atoms with Gasteiger partial charge in [-0.1, -0.05) is 37.6 Å². The van der Waals surface area contributed by atoms with Gasteiger partial charge in [-0.05, 0) is 49.6 Å². The maximum atomic E-state index is 13.4. The van der Waals surface area contributed by atoms with Crippen molar-refractivity contribution in [3.8, 4) is 5.75 Å². The molecule has 0 radical (unpaired) electrons. The van der Waals surface area contributed by atoms with E-state index in [-0.39, 0.29) is 43.6 Å². The Labute approximate surface area is 213 Å². The molecule has 0 bridgehead atoms. The van der Waals surface area contributed by atoms with Crippen LogP contribution in [0.25, 0.3) is 0 Å². The molecule has 0 fully saturated rings. The van der Waals surface area contributed by atoms with Gasteiger partial charge in [-0.3, -0.25) is 13.9 Å². The first-order chi connectivity index (χ1) is 17.1. The van der Waals surface area contributed by atoms with Crippen molar-refractivity contribution in [3.05, 3.63) is 59.9 Å². The first kappa shape index (κ1) is 29.1. The third-order valence-corrected chi connectivity index (χ3v) is 6.95. The van der Waals surface area contributed by atoms with Crippen LogP contribution in [0, 0.1) is 5.82 Å². The highest BCUT2D eigenvalue weighted by atomic mass is 32.2. The summed E-state index contributed by atoms with van der Waals surface area (Å²) in [4.78, 5) is 27.4. The number of nitrogens with zero attached hydrogens (tertiary/aromatic N) is 2. The van der Waals surface area contributed by atoms with Gasteiger partial charge in [0.05, 0.1) is 19.1 Å². The van der Waals surface area contributed by atoms with Gasteiger partial charge in [-0.15, -0.1) is 0 Å². The van der Waals surface area contributed by atoms with E-state index in [1.165, 1.54) is 28.4 Å². The number of unbranched alkanes of at least 4 members (excludes halogenated alkanes) is 1. The van der Waals surface area contributed by atoms with Crippen molar-refractivity contribution in [2.24, 2.45) is 0 Å². The van der Waals surface area contributed by atoms with Gasteiger partial charge >= 0.3 is 0 Å². The minimum Gasteiger partial charge on any atom is -0.495 e. The summed E-state index contributed by atoms with van der Waals surface area (Å²) >= 11 is 0. The van der Waals surface area contributed by atoms with Crippen molar-refractivity contribution in [1.29, 1.82) is 0 Å². The average molecular weight is 522 g/mol. The van der Waals surface area contributed by atoms with E-state index >= 15 is 0 Å². The summed E-state index contributed by atoms with van der Waals surface area (Å²) in [6.45, 7) is 4.38. The van der Waals surface area contributed by atoms with Gasteiger partial charge in [-0.2, -0.15) is 0 Å². The molecule has 0 aromatic heterocycles. The first-order valence-electron chi connectivity index (χ1n) is 12.0. The third kappa shape index (κ3) is 8.51. The van der Waals surface area contributed by atoms with Crippen LogP contribution in [0.3, 0.4) is 0 Å². The van der Waals surface area contributed by atoms with Gasteiger partial charge in [0.15, 0.2) is 0 Å². The molecule has 0 aliphatic rings. The van der Waals surface area contributed by atoms with Gasteiger partial charge in [0, 0.05) is 26.1 Å². The Morgan fingerprint density at radius 3 is 2.36 bits per heavy atom. The fourth-order valence-corrected chi connectivity index (χ4v) is 4.69. The third-order valence-electron chi connectivity index (χ3n) is 5.77. The number of hydrogen-bond acceptors (Lipinski definition) is 5. The number of sulfonamides is 1. The second kappa shape index (κ2) is 13.8. The van der Waals surface area contributed by atoms with Crippen LogP contribution in [-0.2, 0) is 26.2 Å². The minimum absolute atomic E-state index is 0.0228. The number of ether oxygens (including phenoxy) is 1. The highest BCUT2D eigenvalue weighted by Crippen LogP contribution is 2.29. The molecule has 10 heteroatoms. The number of methoxy groups -OCH3 is 1. The molecule has 0 aliphatic heterocycles. The number of carbonyl (C=O) groups is 2. The molecule has 0 saturated heterocycles. The molecule has 0 aliphatic carbocycles. The Morgan fingerprint density at radius 2 is 1.75 bits per heavy atom. The Kier molecular flexibility index (Phi) is 11.2. The molecule has 0 saturated carbocycles. The smallest absolute Gasteiger partial charge is 0.242 e. The van der Waals surface area contributed by atoms with Gasteiger partial charge in [0.25, 0.3) is 0 Å². The van der Waals surface area contributed by atoms with Gasteiger partial charge < -0.3 is 15.0 Å². The molecule has 1 N–H and O–H groups in total. The number of anilines is 1. The molecule has 36 heavy (non-hydrogen) atoms. The quantitative estimate of drug-likeness (QED) is 0.383. The van der Waals surface area contributed by atoms with Crippen LogP contribution in [0.4, 0.5) is 10.1 Å². The van der Waals surface area contributed by atoms with E-state index in [2.05, 4.69) is 5.32 Å². The Hall–Kier alpha value is -3.14. The fourth-order valence-electron chi connectivity index (χ4n) is 3.72. The van der Waals surface area contributed by atoms with Gasteiger partial charge in [0.2, 0.25) is 21.8 Å². The van der Waals surface area contributed by atoms with Crippen LogP contribution in [0.1, 0.15) is 45.1 Å². The van der Waals surface area contributed by atoms with Crippen LogP contribution in [-0.4, -0.2) is 57.6 Å². The monoisotopic (exact) mass is 521 g/mol. The van der Waals surface area contributed by atoms with E-state index in [0.29, 0.717) is 23.5 Å². The zero-order valence-corrected chi connectivity index (χ0v) is 22.2. The standard InChI is InChI=1S/C26H36FN3O5S/c1-5-6-17-28-26(32)20(2)29(19-21-13-15-22(27)16-14-21)25(31)12-9-18-30(36(4,33)34)23-10-7-8-11-24(23)35-3/h7-8,10-11,13-16,20H,5-6,9,12,17-19H2,1-4H3,(H,28,32). The molecule has 2 aromatic rings. The van der Waals surface area contributed by atoms with Crippen LogP contribution < -0.4 is 14.4 Å². The van der Waals surface area contributed by atoms with Crippen molar-refractivity contribution >= 4 is 27.5 Å². The van der Waals surface area contributed by atoms with Crippen molar-refractivity contribution in [3.63, 3.8) is 0 Å². The van der Waals surface area contributed by atoms with E-state index in [9.17, 15) is 22.4 Å². The molecule has 198 valence electrons. The highest BCUT2D eigenvalue weighted by Gasteiger charge is 2.27. The number of para-hydroxylation sites is 2. The minimum atomic E-state index is -3.64. The molecular formula is C26H36FN3O5S. The molecular weight excluding hydrogens is 485 g/mol. The molecule has 1 unspecified atom stereocenters. The summed E-state index contributed by atoms with van der Waals surface area (Å²) in [6.07, 6.45) is 3.11. The number of halogens is 1. The lowest BCUT2D eigenvalue weighted by Gasteiger charge is -2.29. The van der Waals surface area contributed by atoms with E-state index in [1.54, 1.807) is 43.3 Å². The Balaban J connectivity index is 2.16. The molecule has 0 spiro atoms. The van der Waals surface area contributed by atoms with Crippen molar-refractivity contribution in [1.82, 2.24) is 10.2 Å². The van der Waals surface area contributed by atoms with Crippen molar-refractivity contribution in [2.75, 3.05) is 30.8 Å². The molecule has 0 heterocycles. The summed E-state index contributed by atoms with van der Waals surface area (Å²) in [7, 11) is -2.17. The maximum Gasteiger partial charge on any atom is 0.242 e. The van der Waals surface area contributed by atoms with Crippen molar-refractivity contribution < 1.29 is 27.1 Å². The van der Waals surface area contributed by atoms with Crippen LogP contribution in [0.2, 0.25) is 0 Å². The highest BCUT2D eigenvalue weighted by molar-refractivity contribution is 7.92. The average Bonchev–Trinajstić information content (AvgIpc) is 2.85. The molecule has 1 atom stereocenters. The molecule has 2 amide bonds. The van der Waals surface area contributed by atoms with Crippen LogP contribution in [0.15, 0.2) is 48.5 Å². The number of hydrogen-bond donors (Lipinski definition) is 1. The number of rotatable bonds is 14. The Morgan fingerprint density at radius 1 is 1.08 bits per heavy atom. The number of amides is 2. The molecule has 2 aromatic carbocycles. The first-order valence-corrected chi connectivity index (χ1v) is 13.9. The predicted octanol–water partition coefficient (Wildman–Crippen LogP) is 3.71. The van der Waals surface area contributed by atoms with E-state index in [0.717, 1.165) is 19.1 Å². The molecule has 2 rings (SSSR count). The number of nitrogens with one attached hydrogen (secondary N) is 1. The lowest BCUT2D eigenvalue weighted by Crippen LogP contribution is -2.48. The summed E-state index contributed by atoms with van der Waals surface area (Å²) < 4.78 is 44.9. The summed E-state index contributed by atoms with van der Waals surface area (Å²) in [6, 6.07) is 11.8. The van der Waals surface area contributed by atoms with Crippen LogP contribution in [0.5, 0.6) is 5.75 Å². The maximum absolute atomic E-state index is 13.4. The largest absolute Gasteiger partial charge is 0.495 e. The second-order valence-electron chi connectivity index (χ2n) is 8.58. The van der Waals surface area contributed by atoms with Gasteiger partial charge in [0.1, 0.15) is 17.6 Å². The fraction of sp³-hybridized carbons (Fsp3) is 0.462. The summed E-state index contributed by atoms with van der Waals surface area (Å²) in [5, 5.41) is 2.85. The lowest BCUT2D eigenvalue weighted by molar-refractivity contribution is -0.140. The zero-order valence-electron chi connectivity index (χ0n) is 21.4. The zero-order chi connectivity index (χ0) is 26.7. The SMILES string of the molecule is CCCCNC(=O)C(C)N(Cc1ccc(F)cc1)C(=O)CCCN(c1ccccc1OC)S(C)(=O)=O. The normalized spacial score (nSPS) is 12.0. The van der Waals surface area contributed by atoms with Crippen LogP contribution >= 0.6 is 0 Å². The topological polar surface area (TPSA) is 96.0 Å². The summed E-state index contributed by atoms with van der Waals surface area (Å²) in [5.41, 5.74) is 1.08. The second-order valence-corrected chi connectivity index (χ2v) is 10.5. The number of benzene rings is 2. The Bertz CT molecular complexity index is 1110. The molecule has 8 nitrogen and oxygen atoms in total. The van der Waals surface area contributed by atoms with Gasteiger partial charge in [-0.25, -0.2) is 12.8 Å². The van der Waals surface area contributed by atoms with E-state index in [1.807, 2.05) is 6.92 Å². The number of carbonyl (C=O) groups excluding carboxylic acids is 2. The summed E-state index contributed by atoms with van der Waals surface area (Å²) in [5.74, 6) is -0.555.